The van der Waals surface area contributed by atoms with Crippen molar-refractivity contribution in [2.24, 2.45) is 17.3 Å². The van der Waals surface area contributed by atoms with Crippen molar-refractivity contribution in [3.63, 3.8) is 0 Å². The third kappa shape index (κ3) is 7.59. The molecule has 8 atom stereocenters. The molecule has 2 aliphatic heterocycles. The highest BCUT2D eigenvalue weighted by Crippen LogP contribution is 2.48. The normalized spacial score (nSPS) is 35.6. The van der Waals surface area contributed by atoms with Gasteiger partial charge < -0.3 is 20.1 Å². The van der Waals surface area contributed by atoms with Crippen molar-refractivity contribution < 1.29 is 29.6 Å². The van der Waals surface area contributed by atoms with E-state index in [1.807, 2.05) is 42.6 Å². The summed E-state index contributed by atoms with van der Waals surface area (Å²) < 4.78 is 7.90. The number of hydrogen-bond acceptors (Lipinski definition) is 10. The lowest BCUT2D eigenvalue weighted by molar-refractivity contribution is -0.154. The molecule has 1 aromatic heterocycles. The highest BCUT2D eigenvalue weighted by molar-refractivity contribution is 8.00. The molecule has 41 heavy (non-hydrogen) atoms. The zero-order chi connectivity index (χ0) is 30.7. The molecule has 0 aliphatic carbocycles. The van der Waals surface area contributed by atoms with Gasteiger partial charge >= 0.3 is 5.97 Å². The third-order valence-electron chi connectivity index (χ3n) is 9.35. The van der Waals surface area contributed by atoms with Crippen LogP contribution < -0.4 is 0 Å². The Morgan fingerprint density at radius 1 is 1.22 bits per heavy atom. The number of thioether (sulfide) groups is 1. The highest BCUT2D eigenvalue weighted by atomic mass is 32.2. The summed E-state index contributed by atoms with van der Waals surface area (Å²) in [6, 6.07) is 2.09. The van der Waals surface area contributed by atoms with E-state index in [0.29, 0.717) is 13.0 Å². The Morgan fingerprint density at radius 3 is 2.49 bits per heavy atom. The summed E-state index contributed by atoms with van der Waals surface area (Å²) in [6.07, 6.45) is 5.90. The molecule has 0 radical (unpaired) electrons. The van der Waals surface area contributed by atoms with Crippen LogP contribution in [0, 0.1) is 17.3 Å². The first-order chi connectivity index (χ1) is 19.2. The number of carbonyl (C=O) groups excluding carboxylic acids is 2. The molecule has 11 heteroatoms. The molecule has 1 aromatic rings. The molecule has 3 N–H and O–H groups in total. The van der Waals surface area contributed by atoms with Gasteiger partial charge in [0.05, 0.1) is 36.3 Å². The number of Topliss-reactive ketones (excluding diaryl/α,β-unsaturated/α-hetero) is 1. The van der Waals surface area contributed by atoms with E-state index in [-0.39, 0.29) is 36.3 Å². The maximum Gasteiger partial charge on any atom is 0.309 e. The molecule has 232 valence electrons. The van der Waals surface area contributed by atoms with E-state index in [9.17, 15) is 24.9 Å². The average molecular weight is 612 g/mol. The number of β-amino-alcohol motifs (C(OH)–C–C–N with tert-alkyl or cyclic N) is 1. The molecule has 0 spiro atoms. The van der Waals surface area contributed by atoms with Gasteiger partial charge in [-0.2, -0.15) is 5.10 Å². The fraction of sp³-hybridized carbons (Fsp3) is 0.767. The van der Waals surface area contributed by atoms with E-state index in [2.05, 4.69) is 16.9 Å². The van der Waals surface area contributed by atoms with E-state index < -0.39 is 35.6 Å². The van der Waals surface area contributed by atoms with E-state index in [1.165, 1.54) is 11.9 Å². The van der Waals surface area contributed by atoms with Crippen molar-refractivity contribution in [2.75, 3.05) is 25.7 Å². The minimum Gasteiger partial charge on any atom is -0.458 e. The van der Waals surface area contributed by atoms with E-state index in [1.54, 1.807) is 32.5 Å². The van der Waals surface area contributed by atoms with E-state index >= 15 is 0 Å². The molecule has 9 nitrogen and oxygen atoms in total. The standard InChI is InChI=1S/C30H49N3O6S2/c1-18-10-9-11-30(6)23(32(30)12-13-34)16-22(19(2)14-21-15-25(40-7)33(31-21)41-8)39-26(36)17-24(35)29(4,5)28(38)20(3)27(18)37/h14-15,18,20,22-24,27,34-35,37H,9-13,16-17H2,1-8H3/b19-14+/t18-,20+,22-,23-,24-,27-,30+,32?/m0/s1. The summed E-state index contributed by atoms with van der Waals surface area (Å²) in [5.41, 5.74) is 0.197. The summed E-state index contributed by atoms with van der Waals surface area (Å²) in [5.74, 6) is -1.63. The molecule has 3 rings (SSSR count). The maximum absolute atomic E-state index is 13.4. The van der Waals surface area contributed by atoms with Crippen LogP contribution >= 0.6 is 23.7 Å². The lowest BCUT2D eigenvalue weighted by Crippen LogP contribution is -2.45. The molecule has 3 heterocycles. The van der Waals surface area contributed by atoms with Crippen LogP contribution in [0.5, 0.6) is 0 Å². The third-order valence-corrected chi connectivity index (χ3v) is 10.8. The Hall–Kier alpha value is -1.37. The predicted octanol–water partition coefficient (Wildman–Crippen LogP) is 4.03. The van der Waals surface area contributed by atoms with Gasteiger partial charge in [0.2, 0.25) is 0 Å². The zero-order valence-corrected chi connectivity index (χ0v) is 27.4. The lowest BCUT2D eigenvalue weighted by atomic mass is 9.73. The fourth-order valence-corrected chi connectivity index (χ4v) is 7.61. The average Bonchev–Trinajstić information content (AvgIpc) is 3.25. The quantitative estimate of drug-likeness (QED) is 0.247. The van der Waals surface area contributed by atoms with Gasteiger partial charge in [-0.1, -0.05) is 34.1 Å². The number of nitrogens with zero attached hydrogens (tertiary/aromatic N) is 3. The minimum atomic E-state index is -1.26. The van der Waals surface area contributed by atoms with Crippen LogP contribution in [-0.4, -0.2) is 96.7 Å². The number of ether oxygens (including phenoxy) is 1. The van der Waals surface area contributed by atoms with Crippen LogP contribution in [0.1, 0.15) is 79.3 Å². The highest BCUT2D eigenvalue weighted by Gasteiger charge is 2.58. The number of rotatable bonds is 6. The van der Waals surface area contributed by atoms with Gasteiger partial charge in [0.15, 0.2) is 0 Å². The van der Waals surface area contributed by atoms with Gasteiger partial charge in [-0.25, -0.2) is 4.09 Å². The van der Waals surface area contributed by atoms with Crippen LogP contribution in [0.2, 0.25) is 0 Å². The molecule has 2 fully saturated rings. The molecular weight excluding hydrogens is 562 g/mol. The van der Waals surface area contributed by atoms with E-state index in [0.717, 1.165) is 35.6 Å². The number of cyclic esters (lactones) is 1. The molecular formula is C30H49N3O6S2. The number of aliphatic hydroxyl groups is 3. The van der Waals surface area contributed by atoms with Gasteiger partial charge in [0.25, 0.3) is 0 Å². The smallest absolute Gasteiger partial charge is 0.309 e. The van der Waals surface area contributed by atoms with Crippen LogP contribution in [0.25, 0.3) is 6.08 Å². The summed E-state index contributed by atoms with van der Waals surface area (Å²) >= 11 is 3.11. The van der Waals surface area contributed by atoms with Crippen LogP contribution in [0.4, 0.5) is 0 Å². The molecule has 2 saturated heterocycles. The van der Waals surface area contributed by atoms with Crippen molar-refractivity contribution >= 4 is 41.5 Å². The number of ketones is 1. The zero-order valence-electron chi connectivity index (χ0n) is 25.8. The fourth-order valence-electron chi connectivity index (χ4n) is 6.32. The lowest BCUT2D eigenvalue weighted by Gasteiger charge is -2.34. The largest absolute Gasteiger partial charge is 0.458 e. The number of aromatic nitrogens is 2. The Kier molecular flexibility index (Phi) is 11.6. The van der Waals surface area contributed by atoms with E-state index in [4.69, 9.17) is 4.74 Å². The Balaban J connectivity index is 1.96. The summed E-state index contributed by atoms with van der Waals surface area (Å²) in [5, 5.41) is 37.5. The number of fused-ring (bicyclic) bond motifs is 1. The van der Waals surface area contributed by atoms with Gasteiger partial charge in [0, 0.05) is 36.7 Å². The van der Waals surface area contributed by atoms with Crippen molar-refractivity contribution in [3.8, 4) is 0 Å². The first kappa shape index (κ1) is 34.1. The first-order valence-electron chi connectivity index (χ1n) is 14.6. The van der Waals surface area contributed by atoms with Crippen molar-refractivity contribution in [3.05, 3.63) is 17.3 Å². The SMILES string of the molecule is CSc1cc(/C=C(\C)[C@@H]2C[C@@H]3N(CCO)[C@]3(C)CCC[C@H](C)[C@H](O)[C@@H](C)C(=O)C(C)(C)[C@@H](O)CC(=O)O2)nn1SC. The topological polar surface area (TPSA) is 125 Å². The predicted molar refractivity (Wildman–Crippen MR) is 165 cm³/mol. The molecule has 0 amide bonds. The Bertz CT molecular complexity index is 1090. The summed E-state index contributed by atoms with van der Waals surface area (Å²) in [6.45, 7) is 11.6. The number of hydrogen-bond donors (Lipinski definition) is 3. The van der Waals surface area contributed by atoms with Crippen LogP contribution in [0.3, 0.4) is 0 Å². The number of carbonyl (C=O) groups is 2. The second-order valence-corrected chi connectivity index (χ2v) is 14.1. The molecule has 0 saturated carbocycles. The maximum atomic E-state index is 13.4. The first-order valence-corrected chi connectivity index (χ1v) is 17.0. The van der Waals surface area contributed by atoms with Crippen molar-refractivity contribution in [1.82, 2.24) is 14.1 Å². The van der Waals surface area contributed by atoms with Gasteiger partial charge in [-0.3, -0.25) is 14.5 Å². The van der Waals surface area contributed by atoms with Crippen LogP contribution in [0.15, 0.2) is 16.7 Å². The number of esters is 1. The van der Waals surface area contributed by atoms with Crippen molar-refractivity contribution in [2.45, 2.75) is 109 Å². The molecule has 2 aliphatic rings. The van der Waals surface area contributed by atoms with Crippen LogP contribution in [-0.2, 0) is 14.3 Å². The van der Waals surface area contributed by atoms with Gasteiger partial charge in [-0.15, -0.1) is 11.8 Å². The minimum absolute atomic E-state index is 0.0327. The monoisotopic (exact) mass is 611 g/mol. The molecule has 0 bridgehead atoms. The van der Waals surface area contributed by atoms with Gasteiger partial charge in [0.1, 0.15) is 16.9 Å². The second kappa shape index (κ2) is 13.9. The summed E-state index contributed by atoms with van der Waals surface area (Å²) in [4.78, 5) is 28.9. The Labute approximate surface area is 253 Å². The molecule has 0 aromatic carbocycles. The Morgan fingerprint density at radius 2 is 1.90 bits per heavy atom. The second-order valence-electron chi connectivity index (χ2n) is 12.5. The summed E-state index contributed by atoms with van der Waals surface area (Å²) in [7, 11) is 0. The molecule has 1 unspecified atom stereocenters. The number of aliphatic hydroxyl groups excluding tert-OH is 3. The van der Waals surface area contributed by atoms with Crippen molar-refractivity contribution in [1.29, 1.82) is 0 Å². The van der Waals surface area contributed by atoms with Gasteiger partial charge in [-0.05, 0) is 68.5 Å².